The highest BCUT2D eigenvalue weighted by Crippen LogP contribution is 2.33. The lowest BCUT2D eigenvalue weighted by molar-refractivity contribution is -0.0511. The van der Waals surface area contributed by atoms with Crippen LogP contribution in [0, 0.1) is 0 Å². The molecule has 5 N–H and O–H groups in total. The van der Waals surface area contributed by atoms with Crippen molar-refractivity contribution in [3.8, 4) is 11.6 Å². The highest BCUT2D eigenvalue weighted by molar-refractivity contribution is 6.30. The summed E-state index contributed by atoms with van der Waals surface area (Å²) in [5.74, 6) is 0.726. The fraction of sp³-hybridized carbons (Fsp3) is 0.333. The number of nitrogens with zero attached hydrogens (tertiary/aromatic N) is 7. The number of anilines is 1. The molecule has 3 aromatic heterocycles. The molecule has 1 aliphatic rings. The van der Waals surface area contributed by atoms with Crippen molar-refractivity contribution in [2.75, 3.05) is 11.9 Å². The van der Waals surface area contributed by atoms with Gasteiger partial charge in [-0.2, -0.15) is 5.21 Å². The molecule has 13 nitrogen and oxygen atoms in total. The standard InChI is InChI=1S/C18H18ClN9O4/c19-9-3-1-8(2-4-9)5-20-14-11-17(23-15(22-14)16-24-26-27-25-16)28(7-21-11)18-13(31)12(30)10(6-29)32-18/h1-4,7,10,12-13,18,29-31H,5-6H2,(H,20,22,23)(H,24,25,26,27)/t10-,12+,13+,18-/m1/s1. The van der Waals surface area contributed by atoms with Crippen LogP contribution >= 0.6 is 11.6 Å². The molecule has 1 aliphatic heterocycles. The van der Waals surface area contributed by atoms with E-state index in [2.05, 4.69) is 40.9 Å². The number of hydrogen-bond acceptors (Lipinski definition) is 11. The first-order chi connectivity index (χ1) is 15.5. The van der Waals surface area contributed by atoms with Crippen LogP contribution in [0.25, 0.3) is 22.8 Å². The Hall–Kier alpha value is -3.23. The molecule has 0 aliphatic carbocycles. The zero-order valence-electron chi connectivity index (χ0n) is 16.4. The summed E-state index contributed by atoms with van der Waals surface area (Å²) in [6.07, 6.45) is -3.08. The molecule has 0 amide bonds. The molecule has 32 heavy (non-hydrogen) atoms. The second-order valence-corrected chi connectivity index (χ2v) is 7.60. The number of nitrogens with one attached hydrogen (secondary N) is 2. The lowest BCUT2D eigenvalue weighted by atomic mass is 10.1. The first kappa shape index (κ1) is 20.7. The summed E-state index contributed by atoms with van der Waals surface area (Å²) in [7, 11) is 0. The van der Waals surface area contributed by atoms with Crippen LogP contribution in [0.5, 0.6) is 0 Å². The zero-order valence-corrected chi connectivity index (χ0v) is 17.1. The molecule has 14 heteroatoms. The molecule has 166 valence electrons. The number of aromatic amines is 1. The van der Waals surface area contributed by atoms with Gasteiger partial charge in [0.2, 0.25) is 11.6 Å². The quantitative estimate of drug-likeness (QED) is 0.259. The SMILES string of the molecule is OC[C@H]1O[C@@H](n2cnc3c(NCc4ccc(Cl)cc4)nc(-c4nn[nH]n4)nc32)[C@@H](O)[C@H]1O. The summed E-state index contributed by atoms with van der Waals surface area (Å²) in [6, 6.07) is 7.34. The molecular formula is C18H18ClN9O4. The van der Waals surface area contributed by atoms with Gasteiger partial charge in [0.25, 0.3) is 0 Å². The van der Waals surface area contributed by atoms with Crippen molar-refractivity contribution in [1.82, 2.24) is 40.1 Å². The molecule has 0 unspecified atom stereocenters. The van der Waals surface area contributed by atoms with E-state index in [1.54, 1.807) is 12.1 Å². The lowest BCUT2D eigenvalue weighted by Gasteiger charge is -2.17. The fourth-order valence-electron chi connectivity index (χ4n) is 3.48. The second kappa shape index (κ2) is 8.37. The number of benzene rings is 1. The maximum absolute atomic E-state index is 10.4. The third kappa shape index (κ3) is 3.65. The Kier molecular flexibility index (Phi) is 5.40. The van der Waals surface area contributed by atoms with Crippen LogP contribution in [0.1, 0.15) is 11.8 Å². The highest BCUT2D eigenvalue weighted by atomic mass is 35.5. The maximum atomic E-state index is 10.4. The molecule has 5 rings (SSSR count). The summed E-state index contributed by atoms with van der Waals surface area (Å²) in [5.41, 5.74) is 1.68. The molecule has 0 bridgehead atoms. The van der Waals surface area contributed by atoms with Crippen LogP contribution in [0.15, 0.2) is 30.6 Å². The molecule has 0 spiro atoms. The molecule has 1 saturated heterocycles. The normalized spacial score (nSPS) is 23.1. The third-order valence-electron chi connectivity index (χ3n) is 5.13. The van der Waals surface area contributed by atoms with Crippen LogP contribution in [-0.4, -0.2) is 80.4 Å². The third-order valence-corrected chi connectivity index (χ3v) is 5.38. The summed E-state index contributed by atoms with van der Waals surface area (Å²) < 4.78 is 7.10. The van der Waals surface area contributed by atoms with E-state index < -0.39 is 31.1 Å². The van der Waals surface area contributed by atoms with E-state index >= 15 is 0 Å². The van der Waals surface area contributed by atoms with Gasteiger partial charge in [0.05, 0.1) is 12.9 Å². The van der Waals surface area contributed by atoms with Gasteiger partial charge in [-0.25, -0.2) is 15.0 Å². The molecule has 4 heterocycles. The molecule has 4 aromatic rings. The number of aliphatic hydroxyl groups excluding tert-OH is 3. The first-order valence-electron chi connectivity index (χ1n) is 9.64. The number of aromatic nitrogens is 8. The van der Waals surface area contributed by atoms with Crippen molar-refractivity contribution in [1.29, 1.82) is 0 Å². The molecule has 4 atom stereocenters. The van der Waals surface area contributed by atoms with E-state index in [1.165, 1.54) is 10.9 Å². The number of ether oxygens (including phenoxy) is 1. The number of fused-ring (bicyclic) bond motifs is 1. The Balaban J connectivity index is 1.55. The minimum absolute atomic E-state index is 0.162. The van der Waals surface area contributed by atoms with Gasteiger partial charge in [-0.05, 0) is 22.9 Å². The van der Waals surface area contributed by atoms with Gasteiger partial charge in [0.1, 0.15) is 18.3 Å². The average Bonchev–Trinajstić information content (AvgIpc) is 3.54. The Morgan fingerprint density at radius 3 is 2.62 bits per heavy atom. The predicted octanol–water partition coefficient (Wildman–Crippen LogP) is -0.117. The van der Waals surface area contributed by atoms with Crippen molar-refractivity contribution >= 4 is 28.6 Å². The Labute approximate surface area is 185 Å². The first-order valence-corrected chi connectivity index (χ1v) is 10.0. The summed E-state index contributed by atoms with van der Waals surface area (Å²) >= 11 is 5.95. The van der Waals surface area contributed by atoms with Gasteiger partial charge in [0, 0.05) is 11.6 Å². The van der Waals surface area contributed by atoms with Crippen LogP contribution in [0.3, 0.4) is 0 Å². The van der Waals surface area contributed by atoms with Gasteiger partial charge in [-0.1, -0.05) is 23.7 Å². The van der Waals surface area contributed by atoms with Gasteiger partial charge in [-0.3, -0.25) is 4.57 Å². The Bertz CT molecular complexity index is 1220. The van der Waals surface area contributed by atoms with Gasteiger partial charge in [-0.15, -0.1) is 10.2 Å². The largest absolute Gasteiger partial charge is 0.394 e. The number of H-pyrrole nitrogens is 1. The fourth-order valence-corrected chi connectivity index (χ4v) is 3.61. The summed E-state index contributed by atoms with van der Waals surface area (Å²) in [4.78, 5) is 13.3. The zero-order chi connectivity index (χ0) is 22.2. The van der Waals surface area contributed by atoms with Crippen LogP contribution in [0.4, 0.5) is 5.82 Å². The minimum Gasteiger partial charge on any atom is -0.394 e. The van der Waals surface area contributed by atoms with E-state index in [-0.39, 0.29) is 11.6 Å². The van der Waals surface area contributed by atoms with E-state index in [0.717, 1.165) is 5.56 Å². The number of halogens is 1. The van der Waals surface area contributed by atoms with E-state index in [9.17, 15) is 15.3 Å². The number of aliphatic hydroxyl groups is 3. The molecule has 1 aromatic carbocycles. The molecule has 0 saturated carbocycles. The van der Waals surface area contributed by atoms with Gasteiger partial charge in [0.15, 0.2) is 23.2 Å². The molecule has 0 radical (unpaired) electrons. The van der Waals surface area contributed by atoms with Crippen LogP contribution in [-0.2, 0) is 11.3 Å². The Morgan fingerprint density at radius 2 is 1.94 bits per heavy atom. The molecular weight excluding hydrogens is 442 g/mol. The van der Waals surface area contributed by atoms with Gasteiger partial charge >= 0.3 is 0 Å². The summed E-state index contributed by atoms with van der Waals surface area (Å²) in [6.45, 7) is -0.0198. The minimum atomic E-state index is -1.29. The van der Waals surface area contributed by atoms with Crippen molar-refractivity contribution in [3.63, 3.8) is 0 Å². The van der Waals surface area contributed by atoms with Crippen molar-refractivity contribution < 1.29 is 20.1 Å². The monoisotopic (exact) mass is 459 g/mol. The smallest absolute Gasteiger partial charge is 0.241 e. The number of rotatable bonds is 6. The number of imidazole rings is 1. The van der Waals surface area contributed by atoms with Gasteiger partial charge < -0.3 is 25.4 Å². The number of hydrogen-bond donors (Lipinski definition) is 5. The van der Waals surface area contributed by atoms with E-state index in [0.29, 0.717) is 28.5 Å². The topological polar surface area (TPSA) is 180 Å². The van der Waals surface area contributed by atoms with Crippen LogP contribution < -0.4 is 5.32 Å². The Morgan fingerprint density at radius 1 is 1.12 bits per heavy atom. The van der Waals surface area contributed by atoms with Crippen LogP contribution in [0.2, 0.25) is 5.02 Å². The highest BCUT2D eigenvalue weighted by Gasteiger charge is 2.44. The average molecular weight is 460 g/mol. The van der Waals surface area contributed by atoms with Crippen molar-refractivity contribution in [2.24, 2.45) is 0 Å². The number of tetrazole rings is 1. The van der Waals surface area contributed by atoms with Crippen molar-refractivity contribution in [2.45, 2.75) is 31.1 Å². The summed E-state index contributed by atoms with van der Waals surface area (Å²) in [5, 5.41) is 47.6. The maximum Gasteiger partial charge on any atom is 0.241 e. The van der Waals surface area contributed by atoms with Crippen molar-refractivity contribution in [3.05, 3.63) is 41.2 Å². The molecule has 1 fully saturated rings. The lowest BCUT2D eigenvalue weighted by Crippen LogP contribution is -2.33. The predicted molar refractivity (Wildman–Crippen MR) is 110 cm³/mol. The van der Waals surface area contributed by atoms with E-state index in [4.69, 9.17) is 16.3 Å². The second-order valence-electron chi connectivity index (χ2n) is 7.16. The van der Waals surface area contributed by atoms with E-state index in [1.807, 2.05) is 12.1 Å².